The first-order chi connectivity index (χ1) is 15.8. The molecule has 1 atom stereocenters. The fourth-order valence-corrected chi connectivity index (χ4v) is 4.74. The number of aromatic amines is 1. The van der Waals surface area contributed by atoms with E-state index in [0.717, 1.165) is 21.8 Å². The average Bonchev–Trinajstić information content (AvgIpc) is 3.40. The van der Waals surface area contributed by atoms with Gasteiger partial charge in [-0.05, 0) is 32.3 Å². The van der Waals surface area contributed by atoms with Gasteiger partial charge in [0.2, 0.25) is 0 Å². The Morgan fingerprint density at radius 2 is 1.76 bits per heavy atom. The molecule has 2 aromatic carbocycles. The SMILES string of the molecule is CN(C)CC(O)Cn1cc(C2=C(c3c[nH]c4ccccc34)C(=O)NC2=O)c2ccc(Cl)cc21. The number of hydrogen-bond donors (Lipinski definition) is 3. The predicted octanol–water partition coefficient (Wildman–Crippen LogP) is 3.27. The van der Waals surface area contributed by atoms with Gasteiger partial charge in [0.1, 0.15) is 0 Å². The van der Waals surface area contributed by atoms with E-state index in [2.05, 4.69) is 10.3 Å². The number of likely N-dealkylation sites (N-methyl/N-ethyl adjacent to an activating group) is 1. The van der Waals surface area contributed by atoms with Gasteiger partial charge in [-0.3, -0.25) is 14.9 Å². The first-order valence-corrected chi connectivity index (χ1v) is 11.0. The van der Waals surface area contributed by atoms with Crippen molar-refractivity contribution in [3.8, 4) is 0 Å². The van der Waals surface area contributed by atoms with E-state index in [1.807, 2.05) is 66.2 Å². The molecule has 5 rings (SSSR count). The number of amides is 2. The highest BCUT2D eigenvalue weighted by Crippen LogP contribution is 2.38. The van der Waals surface area contributed by atoms with E-state index in [9.17, 15) is 14.7 Å². The third kappa shape index (κ3) is 3.74. The van der Waals surface area contributed by atoms with Gasteiger partial charge in [0.15, 0.2) is 0 Å². The van der Waals surface area contributed by atoms with Crippen LogP contribution in [0.15, 0.2) is 54.9 Å². The Kier molecular flexibility index (Phi) is 5.32. The molecule has 1 aliphatic rings. The summed E-state index contributed by atoms with van der Waals surface area (Å²) in [6.45, 7) is 0.804. The van der Waals surface area contributed by atoms with E-state index < -0.39 is 17.9 Å². The number of nitrogens with zero attached hydrogens (tertiary/aromatic N) is 2. The highest BCUT2D eigenvalue weighted by Gasteiger charge is 2.35. The molecule has 3 heterocycles. The number of rotatable bonds is 6. The monoisotopic (exact) mass is 462 g/mol. The summed E-state index contributed by atoms with van der Waals surface area (Å²) in [5.41, 5.74) is 3.62. The Hall–Kier alpha value is -3.39. The first kappa shape index (κ1) is 21.5. The van der Waals surface area contributed by atoms with E-state index >= 15 is 0 Å². The van der Waals surface area contributed by atoms with Crippen molar-refractivity contribution in [2.45, 2.75) is 12.6 Å². The summed E-state index contributed by atoms with van der Waals surface area (Å²) < 4.78 is 1.89. The van der Waals surface area contributed by atoms with E-state index in [4.69, 9.17) is 11.6 Å². The van der Waals surface area contributed by atoms with Gasteiger partial charge in [-0.15, -0.1) is 0 Å². The minimum atomic E-state index is -0.622. The maximum absolute atomic E-state index is 13.0. The van der Waals surface area contributed by atoms with Crippen LogP contribution in [0.4, 0.5) is 0 Å². The summed E-state index contributed by atoms with van der Waals surface area (Å²) in [5.74, 6) is -0.870. The fourth-order valence-electron chi connectivity index (χ4n) is 4.57. The lowest BCUT2D eigenvalue weighted by Gasteiger charge is -2.17. The molecule has 0 spiro atoms. The summed E-state index contributed by atoms with van der Waals surface area (Å²) in [4.78, 5) is 31.0. The number of fused-ring (bicyclic) bond motifs is 2. The van der Waals surface area contributed by atoms with E-state index in [0.29, 0.717) is 40.4 Å². The highest BCUT2D eigenvalue weighted by molar-refractivity contribution is 6.50. The Bertz CT molecular complexity index is 1450. The maximum Gasteiger partial charge on any atom is 0.259 e. The van der Waals surface area contributed by atoms with Crippen LogP contribution >= 0.6 is 11.6 Å². The van der Waals surface area contributed by atoms with Crippen LogP contribution in [-0.4, -0.2) is 58.1 Å². The van der Waals surface area contributed by atoms with Crippen molar-refractivity contribution in [2.24, 2.45) is 0 Å². The van der Waals surface area contributed by atoms with Crippen molar-refractivity contribution in [2.75, 3.05) is 20.6 Å². The van der Waals surface area contributed by atoms with Crippen molar-refractivity contribution >= 4 is 56.4 Å². The Balaban J connectivity index is 1.73. The third-order valence-corrected chi connectivity index (χ3v) is 6.12. The molecule has 7 nitrogen and oxygen atoms in total. The minimum Gasteiger partial charge on any atom is -0.390 e. The summed E-state index contributed by atoms with van der Waals surface area (Å²) in [7, 11) is 3.79. The zero-order valence-corrected chi connectivity index (χ0v) is 19.0. The largest absolute Gasteiger partial charge is 0.390 e. The standard InChI is InChI=1S/C25H23ClN4O3/c1-29(2)11-15(31)12-30-13-19(17-8-7-14(26)9-21(17)30)23-22(24(32)28-25(23)33)18-10-27-20-6-4-3-5-16(18)20/h3-10,13,15,27,31H,11-12H2,1-2H3,(H,28,32,33). The number of benzene rings is 2. The quantitative estimate of drug-likeness (QED) is 0.384. The molecule has 0 saturated carbocycles. The summed E-state index contributed by atoms with van der Waals surface area (Å²) >= 11 is 6.27. The maximum atomic E-state index is 13.0. The minimum absolute atomic E-state index is 0.318. The zero-order valence-electron chi connectivity index (χ0n) is 18.2. The number of aliphatic hydroxyl groups excluding tert-OH is 1. The average molecular weight is 463 g/mol. The second-order valence-corrected chi connectivity index (χ2v) is 8.99. The van der Waals surface area contributed by atoms with Crippen molar-refractivity contribution < 1.29 is 14.7 Å². The normalized spacial score (nSPS) is 15.3. The van der Waals surface area contributed by atoms with Crippen LogP contribution < -0.4 is 5.32 Å². The van der Waals surface area contributed by atoms with Gasteiger partial charge in [-0.1, -0.05) is 35.9 Å². The van der Waals surface area contributed by atoms with Gasteiger partial charge < -0.3 is 19.6 Å². The van der Waals surface area contributed by atoms with Crippen LogP contribution in [0.1, 0.15) is 11.1 Å². The number of hydrogen-bond acceptors (Lipinski definition) is 4. The van der Waals surface area contributed by atoms with Gasteiger partial charge in [-0.2, -0.15) is 0 Å². The smallest absolute Gasteiger partial charge is 0.259 e. The topological polar surface area (TPSA) is 90.4 Å². The van der Waals surface area contributed by atoms with E-state index in [-0.39, 0.29) is 0 Å². The number of nitrogens with one attached hydrogen (secondary N) is 2. The number of halogens is 1. The highest BCUT2D eigenvalue weighted by atomic mass is 35.5. The van der Waals surface area contributed by atoms with Crippen LogP contribution in [0.2, 0.25) is 5.02 Å². The van der Waals surface area contributed by atoms with Crippen LogP contribution in [0.3, 0.4) is 0 Å². The molecule has 3 N–H and O–H groups in total. The molecule has 8 heteroatoms. The number of imide groups is 1. The van der Waals surface area contributed by atoms with Crippen LogP contribution in [-0.2, 0) is 16.1 Å². The summed E-state index contributed by atoms with van der Waals surface area (Å²) in [5, 5.41) is 15.2. The van der Waals surface area contributed by atoms with Gasteiger partial charge in [0.05, 0.1) is 22.8 Å². The van der Waals surface area contributed by atoms with E-state index in [1.165, 1.54) is 0 Å². The second kappa shape index (κ2) is 8.19. The fraction of sp³-hybridized carbons (Fsp3) is 0.200. The molecule has 4 aromatic rings. The van der Waals surface area contributed by atoms with Crippen molar-refractivity contribution in [1.29, 1.82) is 0 Å². The molecule has 1 unspecified atom stereocenters. The predicted molar refractivity (Wildman–Crippen MR) is 130 cm³/mol. The molecule has 168 valence electrons. The molecule has 2 amide bonds. The van der Waals surface area contributed by atoms with E-state index in [1.54, 1.807) is 12.3 Å². The number of aromatic nitrogens is 2. The molecule has 1 aliphatic heterocycles. The molecule has 0 radical (unpaired) electrons. The summed E-state index contributed by atoms with van der Waals surface area (Å²) in [6.07, 6.45) is 2.96. The molecule has 0 aliphatic carbocycles. The molecule has 0 fully saturated rings. The molecule has 2 aromatic heterocycles. The van der Waals surface area contributed by atoms with Crippen LogP contribution in [0.25, 0.3) is 33.0 Å². The number of para-hydroxylation sites is 1. The summed E-state index contributed by atoms with van der Waals surface area (Å²) in [6, 6.07) is 13.1. The van der Waals surface area contributed by atoms with Gasteiger partial charge >= 0.3 is 0 Å². The van der Waals surface area contributed by atoms with Crippen molar-refractivity contribution in [3.63, 3.8) is 0 Å². The second-order valence-electron chi connectivity index (χ2n) is 8.55. The lowest BCUT2D eigenvalue weighted by molar-refractivity contribution is -0.122. The number of carbonyl (C=O) groups is 2. The first-order valence-electron chi connectivity index (χ1n) is 10.6. The van der Waals surface area contributed by atoms with Gasteiger partial charge in [0.25, 0.3) is 11.8 Å². The lowest BCUT2D eigenvalue weighted by atomic mass is 9.95. The van der Waals surface area contributed by atoms with Gasteiger partial charge in [0, 0.05) is 57.9 Å². The Morgan fingerprint density at radius 1 is 1.03 bits per heavy atom. The Morgan fingerprint density at radius 3 is 2.52 bits per heavy atom. The van der Waals surface area contributed by atoms with Gasteiger partial charge in [-0.25, -0.2) is 0 Å². The molecule has 33 heavy (non-hydrogen) atoms. The van der Waals surface area contributed by atoms with Crippen LogP contribution in [0, 0.1) is 0 Å². The lowest BCUT2D eigenvalue weighted by Crippen LogP contribution is -2.29. The number of aliphatic hydroxyl groups is 1. The molecule has 0 bridgehead atoms. The number of H-pyrrole nitrogens is 1. The Labute approximate surface area is 195 Å². The van der Waals surface area contributed by atoms with Crippen LogP contribution in [0.5, 0.6) is 0 Å². The zero-order chi connectivity index (χ0) is 23.3. The van der Waals surface area contributed by atoms with Crippen molar-refractivity contribution in [1.82, 2.24) is 19.8 Å². The van der Waals surface area contributed by atoms with Crippen molar-refractivity contribution in [3.05, 3.63) is 71.0 Å². The third-order valence-electron chi connectivity index (χ3n) is 5.89. The molecular formula is C25H23ClN4O3. The molecule has 0 saturated heterocycles. The number of carbonyl (C=O) groups excluding carboxylic acids is 2. The molecular weight excluding hydrogens is 440 g/mol.